The second kappa shape index (κ2) is 6.91. The molecule has 0 aliphatic heterocycles. The van der Waals surface area contributed by atoms with Crippen LogP contribution in [0.5, 0.6) is 0 Å². The van der Waals surface area contributed by atoms with Crippen molar-refractivity contribution < 1.29 is 23.9 Å². The van der Waals surface area contributed by atoms with E-state index in [1.165, 1.54) is 7.11 Å². The van der Waals surface area contributed by atoms with Crippen molar-refractivity contribution in [2.45, 2.75) is 33.1 Å². The Labute approximate surface area is 132 Å². The molecule has 1 aromatic rings. The van der Waals surface area contributed by atoms with Crippen LogP contribution in [0, 0.1) is 12.8 Å². The molecule has 2 rings (SSSR count). The highest BCUT2D eigenvalue weighted by atomic mass is 32.1. The third kappa shape index (κ3) is 3.14. The maximum absolute atomic E-state index is 12.1. The van der Waals surface area contributed by atoms with Gasteiger partial charge < -0.3 is 14.8 Å². The number of nitrogens with one attached hydrogen (secondary N) is 1. The fourth-order valence-electron chi connectivity index (χ4n) is 2.22. The predicted octanol–water partition coefficient (Wildman–Crippen LogP) is 2.76. The van der Waals surface area contributed by atoms with Crippen molar-refractivity contribution in [2.75, 3.05) is 19.0 Å². The number of carbonyl (C=O) groups is 3. The number of ether oxygens (including phenoxy) is 2. The van der Waals surface area contributed by atoms with E-state index in [9.17, 15) is 14.4 Å². The van der Waals surface area contributed by atoms with Gasteiger partial charge in [0.25, 0.3) is 0 Å². The molecule has 0 spiro atoms. The van der Waals surface area contributed by atoms with E-state index in [1.807, 2.05) is 0 Å². The molecule has 1 saturated carbocycles. The fourth-order valence-corrected chi connectivity index (χ4v) is 3.34. The van der Waals surface area contributed by atoms with Crippen molar-refractivity contribution in [3.63, 3.8) is 0 Å². The van der Waals surface area contributed by atoms with E-state index in [2.05, 4.69) is 5.32 Å². The summed E-state index contributed by atoms with van der Waals surface area (Å²) in [6.45, 7) is 3.57. The SMILES string of the molecule is CCOC(=O)c1c(NC(=O)C2CCC2)sc(C(=O)OC)c1C. The van der Waals surface area contributed by atoms with Crippen LogP contribution < -0.4 is 5.32 Å². The topological polar surface area (TPSA) is 81.7 Å². The summed E-state index contributed by atoms with van der Waals surface area (Å²) in [5.74, 6) is -1.21. The number of hydrogen-bond acceptors (Lipinski definition) is 6. The minimum absolute atomic E-state index is 0.0148. The van der Waals surface area contributed by atoms with E-state index in [1.54, 1.807) is 13.8 Å². The Bertz CT molecular complexity index is 603. The average molecular weight is 325 g/mol. The summed E-state index contributed by atoms with van der Waals surface area (Å²) in [5.41, 5.74) is 0.708. The largest absolute Gasteiger partial charge is 0.465 e. The summed E-state index contributed by atoms with van der Waals surface area (Å²) in [5, 5.41) is 3.12. The molecule has 22 heavy (non-hydrogen) atoms. The molecule has 1 heterocycles. The van der Waals surface area contributed by atoms with Gasteiger partial charge in [-0.1, -0.05) is 6.42 Å². The highest BCUT2D eigenvalue weighted by Gasteiger charge is 2.30. The summed E-state index contributed by atoms with van der Waals surface area (Å²) >= 11 is 1.05. The first-order valence-corrected chi connectivity index (χ1v) is 8.00. The molecule has 1 aliphatic carbocycles. The number of rotatable bonds is 5. The molecule has 120 valence electrons. The standard InChI is InChI=1S/C15H19NO5S/c1-4-21-14(18)10-8(2)11(15(19)20-3)22-13(10)16-12(17)9-6-5-7-9/h9H,4-7H2,1-3H3,(H,16,17). The van der Waals surface area contributed by atoms with Crippen LogP contribution >= 0.6 is 11.3 Å². The molecule has 7 heteroatoms. The lowest BCUT2D eigenvalue weighted by molar-refractivity contribution is -0.122. The molecular formula is C15H19NO5S. The van der Waals surface area contributed by atoms with E-state index in [-0.39, 0.29) is 24.0 Å². The van der Waals surface area contributed by atoms with Gasteiger partial charge in [0.05, 0.1) is 19.3 Å². The normalized spacial score (nSPS) is 14.1. The summed E-state index contributed by atoms with van der Waals surface area (Å²) in [4.78, 5) is 36.3. The summed E-state index contributed by atoms with van der Waals surface area (Å²) < 4.78 is 9.74. The highest BCUT2D eigenvalue weighted by Crippen LogP contribution is 2.36. The van der Waals surface area contributed by atoms with Gasteiger partial charge in [0.1, 0.15) is 9.88 Å². The molecule has 6 nitrogen and oxygen atoms in total. The molecule has 0 radical (unpaired) electrons. The zero-order valence-corrected chi connectivity index (χ0v) is 13.7. The number of thiophene rings is 1. The Morgan fingerprint density at radius 1 is 1.27 bits per heavy atom. The predicted molar refractivity (Wildman–Crippen MR) is 82.3 cm³/mol. The molecule has 1 N–H and O–H groups in total. The van der Waals surface area contributed by atoms with Crippen molar-refractivity contribution in [1.82, 2.24) is 0 Å². The first-order chi connectivity index (χ1) is 10.5. The van der Waals surface area contributed by atoms with Crippen LogP contribution in [0.2, 0.25) is 0 Å². The molecule has 0 aromatic carbocycles. The van der Waals surface area contributed by atoms with Gasteiger partial charge in [-0.15, -0.1) is 11.3 Å². The molecule has 1 aliphatic rings. The van der Waals surface area contributed by atoms with Gasteiger partial charge >= 0.3 is 11.9 Å². The van der Waals surface area contributed by atoms with Gasteiger partial charge in [-0.25, -0.2) is 9.59 Å². The van der Waals surface area contributed by atoms with E-state index in [0.29, 0.717) is 15.4 Å². The Balaban J connectivity index is 2.34. The molecule has 1 fully saturated rings. The fraction of sp³-hybridized carbons (Fsp3) is 0.533. The Morgan fingerprint density at radius 2 is 1.95 bits per heavy atom. The first kappa shape index (κ1) is 16.5. The van der Waals surface area contributed by atoms with E-state index in [0.717, 1.165) is 30.6 Å². The van der Waals surface area contributed by atoms with Gasteiger partial charge in [0.15, 0.2) is 0 Å². The second-order valence-electron chi connectivity index (χ2n) is 5.09. The summed E-state index contributed by atoms with van der Waals surface area (Å²) in [6, 6.07) is 0. The molecule has 0 unspecified atom stereocenters. The van der Waals surface area contributed by atoms with Crippen molar-refractivity contribution in [1.29, 1.82) is 0 Å². The van der Waals surface area contributed by atoms with Gasteiger partial charge in [0.2, 0.25) is 5.91 Å². The molecule has 0 saturated heterocycles. The van der Waals surface area contributed by atoms with Crippen LogP contribution in [0.1, 0.15) is 51.8 Å². The third-order valence-electron chi connectivity index (χ3n) is 3.71. The van der Waals surface area contributed by atoms with E-state index in [4.69, 9.17) is 9.47 Å². The second-order valence-corrected chi connectivity index (χ2v) is 6.11. The van der Waals surface area contributed by atoms with Crippen molar-refractivity contribution in [2.24, 2.45) is 5.92 Å². The Kier molecular flexibility index (Phi) is 5.18. The molecule has 0 bridgehead atoms. The van der Waals surface area contributed by atoms with Crippen molar-refractivity contribution in [3.05, 3.63) is 16.0 Å². The zero-order valence-electron chi connectivity index (χ0n) is 12.9. The zero-order chi connectivity index (χ0) is 16.3. The smallest absolute Gasteiger partial charge is 0.348 e. The quantitative estimate of drug-likeness (QED) is 0.842. The minimum Gasteiger partial charge on any atom is -0.465 e. The molecule has 1 aromatic heterocycles. The van der Waals surface area contributed by atoms with Crippen molar-refractivity contribution >= 4 is 34.2 Å². The number of anilines is 1. The van der Waals surface area contributed by atoms with E-state index >= 15 is 0 Å². The maximum Gasteiger partial charge on any atom is 0.348 e. The first-order valence-electron chi connectivity index (χ1n) is 7.19. The van der Waals surface area contributed by atoms with Crippen LogP contribution in [0.4, 0.5) is 5.00 Å². The minimum atomic E-state index is -0.546. The van der Waals surface area contributed by atoms with Gasteiger partial charge in [0, 0.05) is 5.92 Å². The molecule has 0 atom stereocenters. The molecular weight excluding hydrogens is 306 g/mol. The van der Waals surface area contributed by atoms with Gasteiger partial charge in [-0.05, 0) is 32.3 Å². The maximum atomic E-state index is 12.1. The monoisotopic (exact) mass is 325 g/mol. The van der Waals surface area contributed by atoms with Crippen LogP contribution in [0.15, 0.2) is 0 Å². The average Bonchev–Trinajstić information content (AvgIpc) is 2.72. The number of amides is 1. The Hall–Kier alpha value is -1.89. The van der Waals surface area contributed by atoms with Gasteiger partial charge in [-0.3, -0.25) is 4.79 Å². The molecule has 1 amide bonds. The van der Waals surface area contributed by atoms with Crippen LogP contribution in [-0.4, -0.2) is 31.6 Å². The van der Waals surface area contributed by atoms with Gasteiger partial charge in [-0.2, -0.15) is 0 Å². The number of carbonyl (C=O) groups excluding carboxylic acids is 3. The summed E-state index contributed by atoms with van der Waals surface area (Å²) in [7, 11) is 1.28. The highest BCUT2D eigenvalue weighted by molar-refractivity contribution is 7.18. The third-order valence-corrected chi connectivity index (χ3v) is 4.90. The van der Waals surface area contributed by atoms with Crippen LogP contribution in [0.3, 0.4) is 0 Å². The van der Waals surface area contributed by atoms with Crippen LogP contribution in [-0.2, 0) is 14.3 Å². The number of esters is 2. The summed E-state index contributed by atoms with van der Waals surface area (Å²) in [6.07, 6.45) is 2.75. The lowest BCUT2D eigenvalue weighted by Crippen LogP contribution is -2.28. The van der Waals surface area contributed by atoms with E-state index < -0.39 is 11.9 Å². The lowest BCUT2D eigenvalue weighted by atomic mass is 9.85. The number of hydrogen-bond donors (Lipinski definition) is 1. The Morgan fingerprint density at radius 3 is 2.45 bits per heavy atom. The van der Waals surface area contributed by atoms with Crippen LogP contribution in [0.25, 0.3) is 0 Å². The van der Waals surface area contributed by atoms with Crippen molar-refractivity contribution in [3.8, 4) is 0 Å². The number of methoxy groups -OCH3 is 1. The lowest BCUT2D eigenvalue weighted by Gasteiger charge is -2.23.